The van der Waals surface area contributed by atoms with Crippen LogP contribution in [0.1, 0.15) is 13.8 Å². The number of aromatic nitrogens is 1. The van der Waals surface area contributed by atoms with Crippen molar-refractivity contribution in [1.82, 2.24) is 4.98 Å². The Labute approximate surface area is 178 Å². The number of aliphatic hydroxyl groups is 1. The van der Waals surface area contributed by atoms with Crippen LogP contribution in [0, 0.1) is 6.07 Å². The Morgan fingerprint density at radius 1 is 0.929 bits per heavy atom. The van der Waals surface area contributed by atoms with E-state index in [1.54, 1.807) is 0 Å². The molecule has 0 spiro atoms. The molecular weight excluding hydrogens is 526 g/mol. The molecule has 3 nitrogen and oxygen atoms in total. The number of hydrogen-bond donors (Lipinski definition) is 1. The number of benzene rings is 3. The van der Waals surface area contributed by atoms with Crippen molar-refractivity contribution in [3.05, 3.63) is 90.7 Å². The van der Waals surface area contributed by atoms with Crippen molar-refractivity contribution < 1.29 is 30.0 Å². The van der Waals surface area contributed by atoms with Crippen LogP contribution in [0.25, 0.3) is 32.9 Å². The van der Waals surface area contributed by atoms with Gasteiger partial charge in [0.1, 0.15) is 0 Å². The van der Waals surface area contributed by atoms with Gasteiger partial charge in [-0.15, -0.1) is 29.1 Å². The number of rotatable bonds is 2. The number of carbonyl (C=O) groups is 1. The van der Waals surface area contributed by atoms with E-state index in [2.05, 4.69) is 48.5 Å². The van der Waals surface area contributed by atoms with Gasteiger partial charge in [-0.05, 0) is 31.0 Å². The minimum Gasteiger partial charge on any atom is -0.512 e. The summed E-state index contributed by atoms with van der Waals surface area (Å²) in [5.74, 6) is -0.0625. The molecule has 1 aromatic heterocycles. The summed E-state index contributed by atoms with van der Waals surface area (Å²) in [6.45, 7) is 2.85. The van der Waals surface area contributed by atoms with Crippen LogP contribution in [0.15, 0.2) is 84.6 Å². The Kier molecular flexibility index (Phi) is 7.62. The van der Waals surface area contributed by atoms with Crippen LogP contribution in [-0.2, 0) is 24.9 Å². The fourth-order valence-electron chi connectivity index (χ4n) is 2.78. The summed E-state index contributed by atoms with van der Waals surface area (Å²) in [5, 5.41) is 12.0. The third-order valence-electron chi connectivity index (χ3n) is 3.97. The Hall–Kier alpha value is -2.81. The first-order valence-electron chi connectivity index (χ1n) is 8.67. The predicted octanol–water partition coefficient (Wildman–Crippen LogP) is 5.89. The van der Waals surface area contributed by atoms with Gasteiger partial charge in [-0.25, -0.2) is 0 Å². The number of fused-ring (bicyclic) bond motifs is 2. The first-order chi connectivity index (χ1) is 13.0. The summed E-state index contributed by atoms with van der Waals surface area (Å²) >= 11 is 0. The van der Waals surface area contributed by atoms with Crippen LogP contribution < -0.4 is 0 Å². The molecule has 1 heterocycles. The maximum Gasteiger partial charge on any atom is 0.155 e. The Morgan fingerprint density at radius 3 is 2.21 bits per heavy atom. The fourth-order valence-corrected chi connectivity index (χ4v) is 2.78. The molecule has 0 saturated carbocycles. The van der Waals surface area contributed by atoms with E-state index in [1.165, 1.54) is 30.7 Å². The van der Waals surface area contributed by atoms with Gasteiger partial charge in [0, 0.05) is 26.2 Å². The largest absolute Gasteiger partial charge is 0.512 e. The molecule has 0 aliphatic heterocycles. The quantitative estimate of drug-likeness (QED) is 0.194. The van der Waals surface area contributed by atoms with E-state index >= 15 is 0 Å². The third-order valence-corrected chi connectivity index (χ3v) is 3.97. The van der Waals surface area contributed by atoms with Crippen LogP contribution >= 0.6 is 0 Å². The molecule has 1 N–H and O–H groups in total. The summed E-state index contributed by atoms with van der Waals surface area (Å²) in [4.78, 5) is 14.7. The molecule has 0 saturated heterocycles. The van der Waals surface area contributed by atoms with Gasteiger partial charge < -0.3 is 5.11 Å². The number of aliphatic hydroxyl groups excluding tert-OH is 1. The van der Waals surface area contributed by atoms with Crippen molar-refractivity contribution in [1.29, 1.82) is 0 Å². The van der Waals surface area contributed by atoms with E-state index in [4.69, 9.17) is 10.1 Å². The first kappa shape index (κ1) is 21.5. The van der Waals surface area contributed by atoms with Gasteiger partial charge in [-0.2, -0.15) is 0 Å². The fraction of sp³-hybridized carbons (Fsp3) is 0.0833. The first-order valence-corrected chi connectivity index (χ1v) is 8.67. The Balaban J connectivity index is 0.000000306. The molecule has 3 aromatic carbocycles. The summed E-state index contributed by atoms with van der Waals surface area (Å²) in [6.07, 6.45) is 1.17. The number of hydrogen-bond acceptors (Lipinski definition) is 3. The summed E-state index contributed by atoms with van der Waals surface area (Å²) in [7, 11) is 0. The van der Waals surface area contributed by atoms with E-state index in [0.717, 1.165) is 22.2 Å². The molecule has 143 valence electrons. The van der Waals surface area contributed by atoms with Crippen LogP contribution in [0.4, 0.5) is 0 Å². The second-order valence-electron chi connectivity index (χ2n) is 6.26. The monoisotopic (exact) mass is 547 g/mol. The molecule has 0 fully saturated rings. The van der Waals surface area contributed by atoms with E-state index in [1.807, 2.05) is 30.3 Å². The van der Waals surface area contributed by atoms with E-state index in [0.29, 0.717) is 0 Å². The minimum absolute atomic E-state index is 0. The van der Waals surface area contributed by atoms with Gasteiger partial charge in [-0.1, -0.05) is 60.0 Å². The SMILES string of the molecule is CC(=O)C=C(C)O.[Ir].[c-]1cc2ccccc2cc1-c1ccc2ccccc2n1. The van der Waals surface area contributed by atoms with Crippen molar-refractivity contribution in [2.75, 3.05) is 0 Å². The van der Waals surface area contributed by atoms with Crippen molar-refractivity contribution >= 4 is 27.5 Å². The average molecular weight is 547 g/mol. The standard InChI is InChI=1S/C19H12N.C5H8O2.Ir/c1-2-7-16-13-17(10-9-14(16)5-1)19-12-11-15-6-3-4-8-18(15)20-19;1-4(6)3-5(2)7;/h1-9,11-13H;3,6H,1-2H3;/q-1;;. The smallest absolute Gasteiger partial charge is 0.155 e. The van der Waals surface area contributed by atoms with E-state index < -0.39 is 0 Å². The number of pyridine rings is 1. The van der Waals surface area contributed by atoms with Crippen molar-refractivity contribution in [3.8, 4) is 11.3 Å². The molecule has 0 atom stereocenters. The van der Waals surface area contributed by atoms with E-state index in [9.17, 15) is 4.79 Å². The summed E-state index contributed by atoms with van der Waals surface area (Å²) in [6, 6.07) is 28.2. The van der Waals surface area contributed by atoms with Gasteiger partial charge in [0.05, 0.1) is 11.3 Å². The Morgan fingerprint density at radius 2 is 1.57 bits per heavy atom. The van der Waals surface area contributed by atoms with Crippen LogP contribution in [0.2, 0.25) is 0 Å². The Bertz CT molecular complexity index is 1050. The molecule has 0 amide bonds. The normalized spacial score (nSPS) is 10.7. The second-order valence-corrected chi connectivity index (χ2v) is 6.26. The van der Waals surface area contributed by atoms with Crippen molar-refractivity contribution in [2.45, 2.75) is 13.8 Å². The molecule has 0 bridgehead atoms. The maximum absolute atomic E-state index is 10.0. The summed E-state index contributed by atoms with van der Waals surface area (Å²) in [5.41, 5.74) is 3.02. The van der Waals surface area contributed by atoms with E-state index in [-0.39, 0.29) is 31.6 Å². The number of allylic oxidation sites excluding steroid dienone is 2. The molecule has 28 heavy (non-hydrogen) atoms. The van der Waals surface area contributed by atoms with Gasteiger partial charge in [0.2, 0.25) is 0 Å². The zero-order chi connectivity index (χ0) is 19.2. The van der Waals surface area contributed by atoms with Gasteiger partial charge in [-0.3, -0.25) is 9.78 Å². The topological polar surface area (TPSA) is 50.2 Å². The number of para-hydroxylation sites is 1. The molecule has 4 aromatic rings. The zero-order valence-electron chi connectivity index (χ0n) is 15.6. The molecule has 4 rings (SSSR count). The van der Waals surface area contributed by atoms with Crippen LogP contribution in [-0.4, -0.2) is 15.9 Å². The third kappa shape index (κ3) is 5.59. The van der Waals surface area contributed by atoms with Gasteiger partial charge >= 0.3 is 0 Å². The van der Waals surface area contributed by atoms with Crippen molar-refractivity contribution in [2.24, 2.45) is 0 Å². The zero-order valence-corrected chi connectivity index (χ0v) is 18.0. The molecule has 0 aliphatic carbocycles. The van der Waals surface area contributed by atoms with Gasteiger partial charge in [0.15, 0.2) is 5.78 Å². The number of nitrogens with zero attached hydrogens (tertiary/aromatic N) is 1. The average Bonchev–Trinajstić information content (AvgIpc) is 2.66. The van der Waals surface area contributed by atoms with Crippen LogP contribution in [0.3, 0.4) is 0 Å². The second kappa shape index (κ2) is 9.93. The van der Waals surface area contributed by atoms with Crippen LogP contribution in [0.5, 0.6) is 0 Å². The molecule has 0 aliphatic rings. The number of carbonyl (C=O) groups excluding carboxylic acids is 1. The summed E-state index contributed by atoms with van der Waals surface area (Å²) < 4.78 is 0. The van der Waals surface area contributed by atoms with Crippen molar-refractivity contribution in [3.63, 3.8) is 0 Å². The number of ketones is 1. The molecule has 1 radical (unpaired) electrons. The minimum atomic E-state index is -0.125. The maximum atomic E-state index is 10.0. The molecule has 4 heteroatoms. The molecule has 0 unspecified atom stereocenters. The molecular formula is C24H20IrNO2-. The van der Waals surface area contributed by atoms with Gasteiger partial charge in [0.25, 0.3) is 0 Å². The predicted molar refractivity (Wildman–Crippen MR) is 111 cm³/mol.